The van der Waals surface area contributed by atoms with Gasteiger partial charge in [-0.25, -0.2) is 0 Å². The second kappa shape index (κ2) is 14.9. The zero-order valence-corrected chi connectivity index (χ0v) is 27.8. The maximum Gasteiger partial charge on any atom is 0.422 e. The van der Waals surface area contributed by atoms with E-state index in [0.29, 0.717) is 23.0 Å². The summed E-state index contributed by atoms with van der Waals surface area (Å²) in [6.45, 7) is 3.08. The standard InChI is InChI=1S/C33H44Cl2F3N4O3/c1-40(2)31(44)32(13-15-39-16-14-32)42(17-5-4-6-18-42)19-12-26(24-10-11-28(34)29(35)21-24)22-41(3)30(43)25-8-7-9-27(20-25)45-23-33(36,37)38/h7-11,20-21,26,39H,4-6,12-19,22-23H2,1-3H3/q+1. The number of rotatable bonds is 11. The van der Waals surface area contributed by atoms with Crippen molar-refractivity contribution in [3.63, 3.8) is 0 Å². The molecule has 2 amide bonds. The lowest BCUT2D eigenvalue weighted by molar-refractivity contribution is -0.972. The molecule has 4 rings (SSSR count). The molecule has 0 radical (unpaired) electrons. The number of ether oxygens (including phenoxy) is 1. The number of nitrogens with one attached hydrogen (secondary N) is 1. The van der Waals surface area contributed by atoms with Crippen molar-refractivity contribution in [2.45, 2.75) is 56.2 Å². The number of likely N-dealkylation sites (tertiary alicyclic amines) is 1. The number of carbonyl (C=O) groups excluding carboxylic acids is 2. The molecule has 1 unspecified atom stereocenters. The number of quaternary nitrogens is 1. The fraction of sp³-hybridized carbons (Fsp3) is 0.576. The molecule has 2 aliphatic heterocycles. The van der Waals surface area contributed by atoms with E-state index in [1.165, 1.54) is 18.2 Å². The van der Waals surface area contributed by atoms with Crippen LogP contribution >= 0.6 is 23.2 Å². The molecule has 2 heterocycles. The first-order valence-electron chi connectivity index (χ1n) is 15.6. The van der Waals surface area contributed by atoms with Crippen LogP contribution in [0, 0.1) is 0 Å². The van der Waals surface area contributed by atoms with E-state index < -0.39 is 18.3 Å². The second-order valence-electron chi connectivity index (χ2n) is 12.6. The summed E-state index contributed by atoms with van der Waals surface area (Å²) in [5.74, 6) is -0.320. The second-order valence-corrected chi connectivity index (χ2v) is 13.4. The maximum absolute atomic E-state index is 14.0. The summed E-state index contributed by atoms with van der Waals surface area (Å²) in [6, 6.07) is 11.3. The van der Waals surface area contributed by atoms with Gasteiger partial charge in [0.05, 0.1) is 29.7 Å². The van der Waals surface area contributed by atoms with E-state index in [2.05, 4.69) is 5.32 Å². The zero-order valence-electron chi connectivity index (χ0n) is 26.3. The molecule has 2 aromatic rings. The highest BCUT2D eigenvalue weighted by Crippen LogP contribution is 2.40. The lowest BCUT2D eigenvalue weighted by Crippen LogP contribution is -2.74. The highest BCUT2D eigenvalue weighted by molar-refractivity contribution is 6.42. The van der Waals surface area contributed by atoms with Crippen molar-refractivity contribution in [1.82, 2.24) is 15.1 Å². The molecule has 45 heavy (non-hydrogen) atoms. The summed E-state index contributed by atoms with van der Waals surface area (Å²) < 4.78 is 43.7. The van der Waals surface area contributed by atoms with Crippen molar-refractivity contribution in [2.24, 2.45) is 0 Å². The SMILES string of the molecule is CN(C)C(=O)C1([N+]2(CCC(CN(C)C(=O)c3cccc(OCC(F)(F)F)c3)c3ccc(Cl)c(Cl)c3)CCCCC2)CCNCC1. The Morgan fingerprint density at radius 3 is 2.31 bits per heavy atom. The van der Waals surface area contributed by atoms with Gasteiger partial charge in [-0.05, 0) is 55.2 Å². The molecule has 2 fully saturated rings. The number of piperidine rings is 2. The van der Waals surface area contributed by atoms with Crippen LogP contribution in [0.2, 0.25) is 10.0 Å². The largest absolute Gasteiger partial charge is 0.484 e. The maximum atomic E-state index is 14.0. The van der Waals surface area contributed by atoms with Gasteiger partial charge >= 0.3 is 6.18 Å². The number of alkyl halides is 3. The van der Waals surface area contributed by atoms with Crippen LogP contribution < -0.4 is 10.1 Å². The number of hydrogen-bond donors (Lipinski definition) is 1. The van der Waals surface area contributed by atoms with E-state index in [-0.39, 0.29) is 29.0 Å². The molecule has 248 valence electrons. The first-order valence-corrected chi connectivity index (χ1v) is 16.3. The highest BCUT2D eigenvalue weighted by Gasteiger charge is 2.57. The van der Waals surface area contributed by atoms with Gasteiger partial charge in [-0.15, -0.1) is 0 Å². The number of nitrogens with zero attached hydrogens (tertiary/aromatic N) is 3. The smallest absolute Gasteiger partial charge is 0.422 e. The van der Waals surface area contributed by atoms with E-state index in [1.807, 2.05) is 26.2 Å². The van der Waals surface area contributed by atoms with Crippen molar-refractivity contribution < 1.29 is 32.0 Å². The molecule has 0 saturated carbocycles. The fourth-order valence-electron chi connectivity index (χ4n) is 7.18. The Balaban J connectivity index is 1.62. The molecule has 0 aromatic heterocycles. The molecule has 1 N–H and O–H groups in total. The number of hydrogen-bond acceptors (Lipinski definition) is 4. The topological polar surface area (TPSA) is 61.9 Å². The van der Waals surface area contributed by atoms with E-state index in [4.69, 9.17) is 27.9 Å². The molecule has 7 nitrogen and oxygen atoms in total. The van der Waals surface area contributed by atoms with Gasteiger partial charge < -0.3 is 24.3 Å². The number of amides is 2. The van der Waals surface area contributed by atoms with Crippen molar-refractivity contribution in [1.29, 1.82) is 0 Å². The van der Waals surface area contributed by atoms with E-state index >= 15 is 0 Å². The van der Waals surface area contributed by atoms with Gasteiger partial charge in [-0.1, -0.05) is 35.3 Å². The summed E-state index contributed by atoms with van der Waals surface area (Å²) in [7, 11) is 5.37. The van der Waals surface area contributed by atoms with Crippen LogP contribution in [0.4, 0.5) is 13.2 Å². The monoisotopic (exact) mass is 671 g/mol. The summed E-state index contributed by atoms with van der Waals surface area (Å²) in [5.41, 5.74) is 0.644. The lowest BCUT2D eigenvalue weighted by Gasteiger charge is -2.56. The minimum Gasteiger partial charge on any atom is -0.484 e. The van der Waals surface area contributed by atoms with Gasteiger partial charge in [0.2, 0.25) is 0 Å². The van der Waals surface area contributed by atoms with Crippen LogP contribution in [-0.4, -0.2) is 105 Å². The first-order chi connectivity index (χ1) is 21.3. The summed E-state index contributed by atoms with van der Waals surface area (Å²) in [6.07, 6.45) is 1.00. The Kier molecular flexibility index (Phi) is 11.7. The lowest BCUT2D eigenvalue weighted by atomic mass is 9.79. The van der Waals surface area contributed by atoms with Crippen molar-refractivity contribution in [3.8, 4) is 5.75 Å². The average molecular weight is 673 g/mol. The van der Waals surface area contributed by atoms with Crippen LogP contribution in [0.25, 0.3) is 0 Å². The van der Waals surface area contributed by atoms with E-state index in [0.717, 1.165) is 74.9 Å². The average Bonchev–Trinajstić information content (AvgIpc) is 3.03. The Bertz CT molecular complexity index is 1330. The number of carbonyl (C=O) groups is 2. The predicted molar refractivity (Wildman–Crippen MR) is 171 cm³/mol. The highest BCUT2D eigenvalue weighted by atomic mass is 35.5. The quantitative estimate of drug-likeness (QED) is 0.281. The van der Waals surface area contributed by atoms with Gasteiger partial charge in [-0.3, -0.25) is 9.59 Å². The minimum atomic E-state index is -4.48. The predicted octanol–water partition coefficient (Wildman–Crippen LogP) is 6.39. The van der Waals surface area contributed by atoms with Crippen molar-refractivity contribution in [2.75, 3.05) is 67.0 Å². The Labute approximate surface area is 274 Å². The third kappa shape index (κ3) is 8.44. The molecular weight excluding hydrogens is 628 g/mol. The van der Waals surface area contributed by atoms with Crippen molar-refractivity contribution in [3.05, 3.63) is 63.6 Å². The van der Waals surface area contributed by atoms with E-state index in [1.54, 1.807) is 29.0 Å². The van der Waals surface area contributed by atoms with Crippen LogP contribution in [0.5, 0.6) is 5.75 Å². The van der Waals surface area contributed by atoms with Crippen LogP contribution in [-0.2, 0) is 4.79 Å². The molecule has 1 atom stereocenters. The molecule has 12 heteroatoms. The normalized spacial score (nSPS) is 18.6. The Hall–Kier alpha value is -2.53. The molecule has 0 bridgehead atoms. The molecular formula is C33H44Cl2F3N4O3+. The van der Waals surface area contributed by atoms with Crippen LogP contribution in [0.1, 0.15) is 60.4 Å². The molecule has 0 spiro atoms. The number of halogens is 5. The first kappa shape index (κ1) is 35.3. The summed E-state index contributed by atoms with van der Waals surface area (Å²) in [4.78, 5) is 30.9. The Morgan fingerprint density at radius 1 is 1.00 bits per heavy atom. The molecule has 2 saturated heterocycles. The zero-order chi connectivity index (χ0) is 32.8. The van der Waals surface area contributed by atoms with Gasteiger partial charge in [0.25, 0.3) is 11.8 Å². The molecule has 0 aliphatic carbocycles. The number of likely N-dealkylation sites (N-methyl/N-ethyl adjacent to an activating group) is 2. The van der Waals surface area contributed by atoms with Crippen LogP contribution in [0.3, 0.4) is 0 Å². The van der Waals surface area contributed by atoms with Gasteiger partial charge in [0, 0.05) is 71.5 Å². The third-order valence-corrected chi connectivity index (χ3v) is 10.2. The van der Waals surface area contributed by atoms with Gasteiger partial charge in [0.1, 0.15) is 5.75 Å². The summed E-state index contributed by atoms with van der Waals surface area (Å²) >= 11 is 12.7. The third-order valence-electron chi connectivity index (χ3n) is 9.46. The molecule has 2 aromatic carbocycles. The van der Waals surface area contributed by atoms with Crippen molar-refractivity contribution >= 4 is 35.0 Å². The summed E-state index contributed by atoms with van der Waals surface area (Å²) in [5, 5.41) is 4.30. The molecule has 2 aliphatic rings. The fourth-order valence-corrected chi connectivity index (χ4v) is 7.49. The van der Waals surface area contributed by atoms with Gasteiger partial charge in [0.15, 0.2) is 12.1 Å². The Morgan fingerprint density at radius 2 is 1.69 bits per heavy atom. The van der Waals surface area contributed by atoms with Gasteiger partial charge in [-0.2, -0.15) is 13.2 Å². The minimum absolute atomic E-state index is 0.0259. The van der Waals surface area contributed by atoms with Crippen LogP contribution in [0.15, 0.2) is 42.5 Å². The van der Waals surface area contributed by atoms with E-state index in [9.17, 15) is 22.8 Å². The number of benzene rings is 2.